The molecule has 144 valence electrons. The predicted molar refractivity (Wildman–Crippen MR) is 98.4 cm³/mol. The number of thioether (sulfide) groups is 1. The molecule has 4 nitrogen and oxygen atoms in total. The lowest BCUT2D eigenvalue weighted by atomic mass is 10.1. The first-order valence-corrected chi connectivity index (χ1v) is 9.12. The highest BCUT2D eigenvalue weighted by atomic mass is 32.2. The Morgan fingerprint density at radius 1 is 1.07 bits per heavy atom. The zero-order valence-electron chi connectivity index (χ0n) is 14.7. The molecular formula is C19H18F3NO3S. The molecule has 0 fully saturated rings. The van der Waals surface area contributed by atoms with Gasteiger partial charge in [0.1, 0.15) is 11.7 Å². The molecular weight excluding hydrogens is 379 g/mol. The number of rotatable bonds is 6. The van der Waals surface area contributed by atoms with Gasteiger partial charge in [-0.25, -0.2) is 0 Å². The van der Waals surface area contributed by atoms with Crippen molar-refractivity contribution in [3.05, 3.63) is 70.8 Å². The van der Waals surface area contributed by atoms with Gasteiger partial charge >= 0.3 is 12.1 Å². The van der Waals surface area contributed by atoms with E-state index in [1.54, 1.807) is 18.4 Å². The Balaban J connectivity index is 2.09. The molecule has 27 heavy (non-hydrogen) atoms. The average Bonchev–Trinajstić information content (AvgIpc) is 2.66. The Morgan fingerprint density at radius 2 is 1.70 bits per heavy atom. The number of ether oxygens (including phenoxy) is 1. The highest BCUT2D eigenvalue weighted by molar-refractivity contribution is 8.13. The molecule has 2 aromatic carbocycles. The van der Waals surface area contributed by atoms with Crippen molar-refractivity contribution in [2.75, 3.05) is 13.4 Å². The Hall–Kier alpha value is -2.48. The lowest BCUT2D eigenvalue weighted by Gasteiger charge is -2.10. The summed E-state index contributed by atoms with van der Waals surface area (Å²) in [5.74, 6) is -0.361. The molecule has 0 aromatic heterocycles. The van der Waals surface area contributed by atoms with Crippen molar-refractivity contribution in [1.29, 1.82) is 0 Å². The Labute approximate surface area is 159 Å². The molecule has 0 spiro atoms. The number of benzene rings is 2. The van der Waals surface area contributed by atoms with Gasteiger partial charge in [0.15, 0.2) is 0 Å². The first kappa shape index (κ1) is 20.8. The third-order valence-electron chi connectivity index (χ3n) is 3.70. The number of esters is 1. The van der Waals surface area contributed by atoms with Gasteiger partial charge in [-0.15, -0.1) is 11.8 Å². The van der Waals surface area contributed by atoms with Gasteiger partial charge in [-0.2, -0.15) is 13.2 Å². The van der Waals surface area contributed by atoms with Crippen LogP contribution < -0.4 is 0 Å². The summed E-state index contributed by atoms with van der Waals surface area (Å²) in [7, 11) is 1.32. The van der Waals surface area contributed by atoms with Crippen LogP contribution in [0.25, 0.3) is 0 Å². The lowest BCUT2D eigenvalue weighted by Crippen LogP contribution is -2.07. The number of hydrogen-bond donors (Lipinski definition) is 0. The van der Waals surface area contributed by atoms with Crippen molar-refractivity contribution in [1.82, 2.24) is 0 Å². The van der Waals surface area contributed by atoms with Crippen LogP contribution in [0.4, 0.5) is 13.2 Å². The molecule has 0 N–H and O–H groups in total. The predicted octanol–water partition coefficient (Wildman–Crippen LogP) is 4.66. The van der Waals surface area contributed by atoms with Crippen LogP contribution in [-0.4, -0.2) is 24.4 Å². The molecule has 0 saturated carbocycles. The lowest BCUT2D eigenvalue weighted by molar-refractivity contribution is -0.140. The van der Waals surface area contributed by atoms with E-state index in [4.69, 9.17) is 4.84 Å². The van der Waals surface area contributed by atoms with Crippen LogP contribution in [0.2, 0.25) is 0 Å². The highest BCUT2D eigenvalue weighted by Gasteiger charge is 2.30. The third kappa shape index (κ3) is 6.02. The summed E-state index contributed by atoms with van der Waals surface area (Å²) in [6.45, 7) is 0.123. The molecule has 8 heteroatoms. The minimum Gasteiger partial charge on any atom is -0.469 e. The first-order chi connectivity index (χ1) is 12.8. The fourth-order valence-corrected chi connectivity index (χ4v) is 2.77. The minimum atomic E-state index is -4.38. The van der Waals surface area contributed by atoms with Crippen LogP contribution in [-0.2, 0) is 33.6 Å². The number of carbonyl (C=O) groups excluding carboxylic acids is 1. The third-order valence-corrected chi connectivity index (χ3v) is 4.40. The molecule has 0 heterocycles. The molecule has 0 atom stereocenters. The number of oxime groups is 1. The van der Waals surface area contributed by atoms with Gasteiger partial charge in [-0.1, -0.05) is 41.6 Å². The number of hydrogen-bond acceptors (Lipinski definition) is 5. The van der Waals surface area contributed by atoms with E-state index in [9.17, 15) is 18.0 Å². The van der Waals surface area contributed by atoms with Gasteiger partial charge in [0.2, 0.25) is 0 Å². The second-order valence-corrected chi connectivity index (χ2v) is 6.27. The SMILES string of the molecule is COC(=O)Cc1ccccc1CON=C(SC)c1ccc(C(F)(F)F)cc1. The van der Waals surface area contributed by atoms with Crippen LogP contribution >= 0.6 is 11.8 Å². The van der Waals surface area contributed by atoms with E-state index >= 15 is 0 Å². The maximum Gasteiger partial charge on any atom is 0.416 e. The normalized spacial score (nSPS) is 12.0. The molecule has 0 bridgehead atoms. The molecule has 2 rings (SSSR count). The van der Waals surface area contributed by atoms with Gasteiger partial charge in [0.25, 0.3) is 0 Å². The molecule has 0 saturated heterocycles. The van der Waals surface area contributed by atoms with E-state index < -0.39 is 11.7 Å². The Morgan fingerprint density at radius 3 is 2.26 bits per heavy atom. The molecule has 0 amide bonds. The average molecular weight is 397 g/mol. The zero-order chi connectivity index (χ0) is 19.9. The van der Waals surface area contributed by atoms with Gasteiger partial charge in [0.05, 0.1) is 19.1 Å². The van der Waals surface area contributed by atoms with Crippen molar-refractivity contribution in [2.24, 2.45) is 5.16 Å². The van der Waals surface area contributed by atoms with E-state index in [0.29, 0.717) is 10.6 Å². The van der Waals surface area contributed by atoms with Crippen LogP contribution in [0.5, 0.6) is 0 Å². The number of halogens is 3. The maximum atomic E-state index is 12.7. The zero-order valence-corrected chi connectivity index (χ0v) is 15.6. The number of methoxy groups -OCH3 is 1. The Kier molecular flexibility index (Phi) is 7.29. The van der Waals surface area contributed by atoms with Gasteiger partial charge in [-0.05, 0) is 29.5 Å². The van der Waals surface area contributed by atoms with Gasteiger partial charge in [-0.3, -0.25) is 4.79 Å². The van der Waals surface area contributed by atoms with E-state index in [2.05, 4.69) is 9.89 Å². The van der Waals surface area contributed by atoms with Crippen molar-refractivity contribution in [3.8, 4) is 0 Å². The topological polar surface area (TPSA) is 47.9 Å². The molecule has 2 aromatic rings. The van der Waals surface area contributed by atoms with Crippen LogP contribution in [0.3, 0.4) is 0 Å². The number of nitrogens with zero attached hydrogens (tertiary/aromatic N) is 1. The minimum absolute atomic E-state index is 0.119. The summed E-state index contributed by atoms with van der Waals surface area (Å²) in [6, 6.07) is 11.9. The summed E-state index contributed by atoms with van der Waals surface area (Å²) in [6.07, 6.45) is -2.51. The largest absolute Gasteiger partial charge is 0.469 e. The van der Waals surface area contributed by atoms with Crippen LogP contribution in [0, 0.1) is 0 Å². The van der Waals surface area contributed by atoms with Crippen molar-refractivity contribution >= 4 is 22.8 Å². The summed E-state index contributed by atoms with van der Waals surface area (Å²) in [5, 5.41) is 4.48. The quantitative estimate of drug-likeness (QED) is 0.308. The van der Waals surface area contributed by atoms with E-state index in [0.717, 1.165) is 23.3 Å². The number of carbonyl (C=O) groups is 1. The van der Waals surface area contributed by atoms with E-state index in [1.165, 1.54) is 31.0 Å². The van der Waals surface area contributed by atoms with Crippen molar-refractivity contribution in [2.45, 2.75) is 19.2 Å². The van der Waals surface area contributed by atoms with Crippen molar-refractivity contribution in [3.63, 3.8) is 0 Å². The molecule has 0 unspecified atom stereocenters. The Bertz CT molecular complexity index is 805. The molecule has 0 radical (unpaired) electrons. The standard InChI is InChI=1S/C19H18F3NO3S/c1-25-17(24)11-14-5-3-4-6-15(14)12-26-23-18(27-2)13-7-9-16(10-8-13)19(20,21)22/h3-10H,11-12H2,1-2H3. The van der Waals surface area contributed by atoms with Crippen LogP contribution in [0.1, 0.15) is 22.3 Å². The number of alkyl halides is 3. The second kappa shape index (κ2) is 9.45. The monoisotopic (exact) mass is 397 g/mol. The van der Waals surface area contributed by atoms with E-state index in [1.807, 2.05) is 12.1 Å². The summed E-state index contributed by atoms with van der Waals surface area (Å²) in [5.41, 5.74) is 1.35. The summed E-state index contributed by atoms with van der Waals surface area (Å²) < 4.78 is 42.6. The first-order valence-electron chi connectivity index (χ1n) is 7.90. The van der Waals surface area contributed by atoms with Gasteiger partial charge < -0.3 is 9.57 Å². The van der Waals surface area contributed by atoms with Crippen molar-refractivity contribution < 1.29 is 27.5 Å². The fourth-order valence-electron chi connectivity index (χ4n) is 2.27. The smallest absolute Gasteiger partial charge is 0.416 e. The fraction of sp³-hybridized carbons (Fsp3) is 0.263. The summed E-state index contributed by atoms with van der Waals surface area (Å²) >= 11 is 1.26. The van der Waals surface area contributed by atoms with Gasteiger partial charge in [0, 0.05) is 5.56 Å². The van der Waals surface area contributed by atoms with Crippen LogP contribution in [0.15, 0.2) is 53.7 Å². The second-order valence-electron chi connectivity index (χ2n) is 5.47. The molecule has 0 aliphatic heterocycles. The maximum absolute atomic E-state index is 12.7. The highest BCUT2D eigenvalue weighted by Crippen LogP contribution is 2.29. The van der Waals surface area contributed by atoms with E-state index in [-0.39, 0.29) is 19.0 Å². The summed E-state index contributed by atoms with van der Waals surface area (Å²) in [4.78, 5) is 16.8. The molecule has 0 aliphatic rings. The molecule has 0 aliphatic carbocycles.